The minimum atomic E-state index is -0.560. The van der Waals surface area contributed by atoms with Crippen LogP contribution in [0.15, 0.2) is 40.6 Å². The first-order valence-corrected chi connectivity index (χ1v) is 13.2. The molecule has 0 bridgehead atoms. The maximum atomic E-state index is 10.1. The van der Waals surface area contributed by atoms with Crippen molar-refractivity contribution in [3.63, 3.8) is 0 Å². The highest BCUT2D eigenvalue weighted by molar-refractivity contribution is 6.46. The molecule has 206 valence electrons. The third kappa shape index (κ3) is 6.24. The number of aromatic nitrogens is 4. The first-order valence-electron chi connectivity index (χ1n) is 12.5. The Hall–Kier alpha value is -3.47. The van der Waals surface area contributed by atoms with Crippen molar-refractivity contribution in [3.8, 4) is 23.1 Å². The molecule has 10 nitrogen and oxygen atoms in total. The van der Waals surface area contributed by atoms with Gasteiger partial charge in [0.25, 0.3) is 0 Å². The summed E-state index contributed by atoms with van der Waals surface area (Å²) in [7, 11) is 3.16. The molecule has 0 unspecified atom stereocenters. The second-order valence-corrected chi connectivity index (χ2v) is 9.83. The maximum Gasteiger partial charge on any atom is 0.316 e. The lowest BCUT2D eigenvalue weighted by Crippen LogP contribution is -2.21. The van der Waals surface area contributed by atoms with E-state index in [0.29, 0.717) is 64.9 Å². The van der Waals surface area contributed by atoms with Crippen LogP contribution in [0.1, 0.15) is 42.3 Å². The largest absolute Gasteiger partial charge is 0.491 e. The van der Waals surface area contributed by atoms with Gasteiger partial charge in [0.1, 0.15) is 23.9 Å². The van der Waals surface area contributed by atoms with Crippen LogP contribution >= 0.6 is 23.2 Å². The van der Waals surface area contributed by atoms with Crippen LogP contribution in [0.25, 0.3) is 11.4 Å². The number of nitrogens with zero attached hydrogens (tertiary/aromatic N) is 6. The number of benzene rings is 1. The van der Waals surface area contributed by atoms with Crippen molar-refractivity contribution < 1.29 is 14.6 Å². The fourth-order valence-electron chi connectivity index (χ4n) is 4.33. The third-order valence-corrected chi connectivity index (χ3v) is 6.93. The SMILES string of the molecule is CCC[C@@H](O)COc1ccc(Cl)c(-c2nc(C(=NC)C(Cl)=CN)c(C)c(N3Cc4cnc(OC)nc4C3)n2)c1. The van der Waals surface area contributed by atoms with Crippen molar-refractivity contribution in [2.45, 2.75) is 45.9 Å². The predicted octanol–water partition coefficient (Wildman–Crippen LogP) is 4.42. The zero-order valence-electron chi connectivity index (χ0n) is 22.3. The van der Waals surface area contributed by atoms with Gasteiger partial charge in [-0.25, -0.2) is 15.0 Å². The Morgan fingerprint density at radius 3 is 2.77 bits per heavy atom. The summed E-state index contributed by atoms with van der Waals surface area (Å²) >= 11 is 13.1. The van der Waals surface area contributed by atoms with E-state index in [-0.39, 0.29) is 11.6 Å². The number of allylic oxidation sites excluding steroid dienone is 1. The van der Waals surface area contributed by atoms with Crippen LogP contribution < -0.4 is 20.1 Å². The van der Waals surface area contributed by atoms with Crippen molar-refractivity contribution in [1.82, 2.24) is 19.9 Å². The number of fused-ring (bicyclic) bond motifs is 1. The number of aliphatic imine (C=N–C) groups is 1. The van der Waals surface area contributed by atoms with Gasteiger partial charge in [-0.2, -0.15) is 4.98 Å². The summed E-state index contributed by atoms with van der Waals surface area (Å²) in [5.74, 6) is 1.56. The topological polar surface area (TPSA) is 132 Å². The standard InChI is InChI=1S/C27H31Cl2N7O3/c1-5-6-17(37)14-39-18-7-8-20(28)19(9-18)25-34-23(24(31-3)21(29)10-30)15(2)26(35-25)36-12-16-11-32-27(38-4)33-22(16)13-36/h7-11,17,37H,5-6,12-14,30H2,1-4H3/t17-/m1/s1. The molecule has 0 radical (unpaired) electrons. The number of halogens is 2. The summed E-state index contributed by atoms with van der Waals surface area (Å²) in [4.78, 5) is 24.9. The number of hydrogen-bond acceptors (Lipinski definition) is 10. The summed E-state index contributed by atoms with van der Waals surface area (Å²) < 4.78 is 11.0. The van der Waals surface area contributed by atoms with E-state index in [1.54, 1.807) is 31.4 Å². The molecule has 0 amide bonds. The molecule has 1 aromatic carbocycles. The lowest BCUT2D eigenvalue weighted by molar-refractivity contribution is 0.0994. The number of rotatable bonds is 10. The van der Waals surface area contributed by atoms with E-state index in [4.69, 9.17) is 48.4 Å². The number of nitrogens with two attached hydrogens (primary N) is 1. The van der Waals surface area contributed by atoms with Gasteiger partial charge in [-0.1, -0.05) is 36.5 Å². The predicted molar refractivity (Wildman–Crippen MR) is 153 cm³/mol. The van der Waals surface area contributed by atoms with Crippen LogP contribution in [-0.2, 0) is 13.1 Å². The van der Waals surface area contributed by atoms with Crippen LogP contribution in [0.3, 0.4) is 0 Å². The third-order valence-electron chi connectivity index (χ3n) is 6.30. The van der Waals surface area contributed by atoms with Gasteiger partial charge in [-0.3, -0.25) is 4.99 Å². The van der Waals surface area contributed by atoms with Crippen LogP contribution in [0, 0.1) is 6.92 Å². The molecule has 0 fully saturated rings. The highest BCUT2D eigenvalue weighted by atomic mass is 35.5. The zero-order valence-corrected chi connectivity index (χ0v) is 23.8. The molecule has 0 spiro atoms. The van der Waals surface area contributed by atoms with Crippen LogP contribution in [0.4, 0.5) is 5.82 Å². The first-order chi connectivity index (χ1) is 18.8. The summed E-state index contributed by atoms with van der Waals surface area (Å²) in [5.41, 5.74) is 9.83. The molecule has 1 aliphatic rings. The van der Waals surface area contributed by atoms with E-state index in [1.807, 2.05) is 13.8 Å². The normalized spacial score (nSPS) is 14.4. The number of hydrogen-bond donors (Lipinski definition) is 2. The number of aliphatic hydroxyl groups excluding tert-OH is 1. The lowest BCUT2D eigenvalue weighted by atomic mass is 10.1. The molecule has 0 aliphatic carbocycles. The van der Waals surface area contributed by atoms with Crippen molar-refractivity contribution in [1.29, 1.82) is 0 Å². The Balaban J connectivity index is 1.80. The van der Waals surface area contributed by atoms with Gasteiger partial charge >= 0.3 is 6.01 Å². The monoisotopic (exact) mass is 571 g/mol. The minimum absolute atomic E-state index is 0.167. The van der Waals surface area contributed by atoms with E-state index in [2.05, 4.69) is 19.9 Å². The molecule has 3 heterocycles. The highest BCUT2D eigenvalue weighted by Gasteiger charge is 2.28. The molecule has 2 aromatic heterocycles. The molecule has 0 saturated carbocycles. The minimum Gasteiger partial charge on any atom is -0.491 e. The Labute approximate surface area is 237 Å². The number of methoxy groups -OCH3 is 1. The Bertz CT molecular complexity index is 1410. The summed E-state index contributed by atoms with van der Waals surface area (Å²) in [6.07, 6.45) is 3.99. The van der Waals surface area contributed by atoms with E-state index in [0.717, 1.165) is 23.2 Å². The molecule has 3 aromatic rings. The van der Waals surface area contributed by atoms with Gasteiger partial charge in [-0.05, 0) is 31.5 Å². The second-order valence-electron chi connectivity index (χ2n) is 9.01. The molecule has 4 rings (SSSR count). The van der Waals surface area contributed by atoms with Gasteiger partial charge in [0.05, 0.1) is 41.2 Å². The summed E-state index contributed by atoms with van der Waals surface area (Å²) in [5, 5.41) is 10.8. The molecule has 3 N–H and O–H groups in total. The fraction of sp³-hybridized carbons (Fsp3) is 0.370. The average Bonchev–Trinajstić information content (AvgIpc) is 3.37. The second kappa shape index (κ2) is 12.6. The Morgan fingerprint density at radius 2 is 2.08 bits per heavy atom. The van der Waals surface area contributed by atoms with Gasteiger partial charge in [0.15, 0.2) is 5.82 Å². The van der Waals surface area contributed by atoms with Crippen molar-refractivity contribution in [3.05, 3.63) is 63.2 Å². The Morgan fingerprint density at radius 1 is 1.28 bits per heavy atom. The van der Waals surface area contributed by atoms with Crippen LogP contribution in [-0.4, -0.2) is 57.6 Å². The maximum absolute atomic E-state index is 10.1. The molecular weight excluding hydrogens is 541 g/mol. The highest BCUT2D eigenvalue weighted by Crippen LogP contribution is 2.35. The first kappa shape index (κ1) is 28.5. The van der Waals surface area contributed by atoms with E-state index >= 15 is 0 Å². The van der Waals surface area contributed by atoms with Gasteiger partial charge < -0.3 is 25.2 Å². The van der Waals surface area contributed by atoms with Gasteiger partial charge in [0, 0.05) is 42.7 Å². The average molecular weight is 572 g/mol. The van der Waals surface area contributed by atoms with Crippen LogP contribution in [0.2, 0.25) is 5.02 Å². The zero-order chi connectivity index (χ0) is 28.1. The molecular formula is C27H31Cl2N7O3. The quantitative estimate of drug-likeness (QED) is 0.339. The number of anilines is 1. The lowest BCUT2D eigenvalue weighted by Gasteiger charge is -2.22. The van der Waals surface area contributed by atoms with Crippen molar-refractivity contribution >= 4 is 34.7 Å². The number of aliphatic hydroxyl groups is 1. The van der Waals surface area contributed by atoms with Crippen molar-refractivity contribution in [2.75, 3.05) is 25.7 Å². The smallest absolute Gasteiger partial charge is 0.316 e. The van der Waals surface area contributed by atoms with Crippen molar-refractivity contribution in [2.24, 2.45) is 10.7 Å². The van der Waals surface area contributed by atoms with E-state index in [9.17, 15) is 5.11 Å². The van der Waals surface area contributed by atoms with E-state index in [1.165, 1.54) is 13.3 Å². The van der Waals surface area contributed by atoms with Crippen LogP contribution in [0.5, 0.6) is 11.8 Å². The molecule has 1 aliphatic heterocycles. The summed E-state index contributed by atoms with van der Waals surface area (Å²) in [6.45, 7) is 5.12. The van der Waals surface area contributed by atoms with E-state index < -0.39 is 6.10 Å². The molecule has 39 heavy (non-hydrogen) atoms. The number of ether oxygens (including phenoxy) is 2. The molecule has 0 saturated heterocycles. The van der Waals surface area contributed by atoms with Gasteiger partial charge in [0.2, 0.25) is 0 Å². The van der Waals surface area contributed by atoms with Gasteiger partial charge in [-0.15, -0.1) is 0 Å². The molecule has 12 heteroatoms. The fourth-order valence-corrected chi connectivity index (χ4v) is 4.70. The Kier molecular flexibility index (Phi) is 9.21. The summed E-state index contributed by atoms with van der Waals surface area (Å²) in [6, 6.07) is 5.54. The molecule has 1 atom stereocenters.